The maximum Gasteiger partial charge on any atom is 0.228 e. The van der Waals surface area contributed by atoms with Gasteiger partial charge in [-0.1, -0.05) is 6.07 Å². The molecule has 168 valence electrons. The van der Waals surface area contributed by atoms with E-state index in [-0.39, 0.29) is 0 Å². The molecule has 4 heterocycles. The number of methoxy groups -OCH3 is 1. The topological polar surface area (TPSA) is 54.0 Å². The summed E-state index contributed by atoms with van der Waals surface area (Å²) in [4.78, 5) is 17.0. The molecular formula is C24H29N5O2S. The predicted octanol–water partition coefficient (Wildman–Crippen LogP) is 3.65. The quantitative estimate of drug-likeness (QED) is 0.567. The molecule has 2 aliphatic heterocycles. The molecule has 2 aromatic heterocycles. The number of anilines is 1. The van der Waals surface area contributed by atoms with Crippen LogP contribution in [0.3, 0.4) is 0 Å². The molecule has 8 heteroatoms. The molecule has 0 unspecified atom stereocenters. The number of likely N-dealkylation sites (N-methyl/N-ethyl adjacent to an activating group) is 1. The Morgan fingerprint density at radius 1 is 1.03 bits per heavy atom. The van der Waals surface area contributed by atoms with E-state index in [0.717, 1.165) is 80.9 Å². The third-order valence-corrected chi connectivity index (χ3v) is 6.85. The lowest BCUT2D eigenvalue weighted by molar-refractivity contribution is 0.238. The first-order valence-electron chi connectivity index (χ1n) is 11.1. The number of thiophene rings is 1. The van der Waals surface area contributed by atoms with Crippen molar-refractivity contribution in [1.82, 2.24) is 19.8 Å². The van der Waals surface area contributed by atoms with Crippen LogP contribution in [-0.2, 0) is 19.5 Å². The van der Waals surface area contributed by atoms with Crippen molar-refractivity contribution >= 4 is 17.3 Å². The summed E-state index contributed by atoms with van der Waals surface area (Å²) < 4.78 is 11.7. The minimum Gasteiger partial charge on any atom is -0.497 e. The van der Waals surface area contributed by atoms with Gasteiger partial charge in [-0.15, -0.1) is 0 Å². The van der Waals surface area contributed by atoms with Crippen LogP contribution in [0.1, 0.15) is 16.8 Å². The summed E-state index contributed by atoms with van der Waals surface area (Å²) in [7, 11) is 3.82. The van der Waals surface area contributed by atoms with E-state index in [9.17, 15) is 0 Å². The molecule has 1 aromatic carbocycles. The van der Waals surface area contributed by atoms with Crippen LogP contribution in [0.5, 0.6) is 17.4 Å². The zero-order valence-corrected chi connectivity index (χ0v) is 19.5. The van der Waals surface area contributed by atoms with Gasteiger partial charge in [0.2, 0.25) is 11.8 Å². The van der Waals surface area contributed by atoms with E-state index in [1.807, 2.05) is 24.3 Å². The Labute approximate surface area is 193 Å². The Hall–Kier alpha value is -2.68. The van der Waals surface area contributed by atoms with Crippen molar-refractivity contribution in [3.05, 3.63) is 57.9 Å². The third kappa shape index (κ3) is 4.72. The van der Waals surface area contributed by atoms with Crippen LogP contribution in [0, 0.1) is 0 Å². The minimum atomic E-state index is 0.659. The second-order valence-corrected chi connectivity index (χ2v) is 9.20. The van der Waals surface area contributed by atoms with Gasteiger partial charge in [-0.25, -0.2) is 4.98 Å². The minimum absolute atomic E-state index is 0.659. The van der Waals surface area contributed by atoms with Crippen LogP contribution < -0.4 is 14.4 Å². The summed E-state index contributed by atoms with van der Waals surface area (Å²) in [5.41, 5.74) is 3.55. The van der Waals surface area contributed by atoms with Crippen LogP contribution in [0.15, 0.2) is 41.1 Å². The number of piperazine rings is 1. The molecule has 7 nitrogen and oxygen atoms in total. The zero-order chi connectivity index (χ0) is 21.9. The summed E-state index contributed by atoms with van der Waals surface area (Å²) in [6.07, 6.45) is 0.900. The lowest BCUT2D eigenvalue weighted by atomic mass is 10.1. The molecule has 0 spiro atoms. The predicted molar refractivity (Wildman–Crippen MR) is 127 cm³/mol. The van der Waals surface area contributed by atoms with Gasteiger partial charge in [-0.3, -0.25) is 4.90 Å². The summed E-state index contributed by atoms with van der Waals surface area (Å²) in [6, 6.07) is 9.89. The van der Waals surface area contributed by atoms with Crippen LogP contribution in [0.25, 0.3) is 0 Å². The Bertz CT molecular complexity index is 1050. The summed E-state index contributed by atoms with van der Waals surface area (Å²) in [5, 5.41) is 4.35. The van der Waals surface area contributed by atoms with E-state index in [2.05, 4.69) is 38.6 Å². The first kappa shape index (κ1) is 21.2. The van der Waals surface area contributed by atoms with Crippen molar-refractivity contribution in [3.8, 4) is 17.4 Å². The number of ether oxygens (including phenoxy) is 2. The molecule has 0 radical (unpaired) electrons. The monoisotopic (exact) mass is 451 g/mol. The van der Waals surface area contributed by atoms with Crippen LogP contribution in [0.4, 0.5) is 5.95 Å². The molecule has 1 saturated heterocycles. The molecule has 32 heavy (non-hydrogen) atoms. The SMILES string of the molecule is COc1cccc(Oc2nc(N3CCN(C)CC3)nc3c2CN(Cc2ccsc2)CC3)c1. The second kappa shape index (κ2) is 9.44. The van der Waals surface area contributed by atoms with Gasteiger partial charge in [0.15, 0.2) is 0 Å². The standard InChI is InChI=1S/C24H29N5O2S/c1-27-9-11-29(12-10-27)24-25-22-6-8-28(15-18-7-13-32-17-18)16-21(22)23(26-24)31-20-5-3-4-19(14-20)30-2/h3-5,7,13-14,17H,6,8-12,15-16H2,1-2H3. The van der Waals surface area contributed by atoms with Crippen molar-refractivity contribution in [2.45, 2.75) is 19.5 Å². The summed E-state index contributed by atoms with van der Waals surface area (Å²) >= 11 is 1.74. The number of hydrogen-bond donors (Lipinski definition) is 0. The van der Waals surface area contributed by atoms with Crippen LogP contribution >= 0.6 is 11.3 Å². The van der Waals surface area contributed by atoms with Gasteiger partial charge in [0.25, 0.3) is 0 Å². The van der Waals surface area contributed by atoms with E-state index in [1.165, 1.54) is 5.56 Å². The highest BCUT2D eigenvalue weighted by Gasteiger charge is 2.26. The van der Waals surface area contributed by atoms with Gasteiger partial charge < -0.3 is 19.3 Å². The summed E-state index contributed by atoms with van der Waals surface area (Å²) in [5.74, 6) is 2.93. The van der Waals surface area contributed by atoms with Gasteiger partial charge in [0.1, 0.15) is 11.5 Å². The van der Waals surface area contributed by atoms with E-state index in [4.69, 9.17) is 19.4 Å². The fourth-order valence-corrected chi connectivity index (χ4v) is 4.87. The number of fused-ring (bicyclic) bond motifs is 1. The lowest BCUT2D eigenvalue weighted by Crippen LogP contribution is -2.45. The van der Waals surface area contributed by atoms with Crippen molar-refractivity contribution in [2.75, 3.05) is 51.8 Å². The van der Waals surface area contributed by atoms with Gasteiger partial charge in [0.05, 0.1) is 18.4 Å². The van der Waals surface area contributed by atoms with E-state index < -0.39 is 0 Å². The van der Waals surface area contributed by atoms with Gasteiger partial charge in [0, 0.05) is 58.3 Å². The fraction of sp³-hybridized carbons (Fsp3) is 0.417. The molecule has 0 atom stereocenters. The largest absolute Gasteiger partial charge is 0.497 e. The Morgan fingerprint density at radius 2 is 1.88 bits per heavy atom. The molecule has 0 bridgehead atoms. The first-order valence-corrected chi connectivity index (χ1v) is 12.0. The molecular weight excluding hydrogens is 422 g/mol. The van der Waals surface area contributed by atoms with Crippen molar-refractivity contribution in [1.29, 1.82) is 0 Å². The Morgan fingerprint density at radius 3 is 2.66 bits per heavy atom. The van der Waals surface area contributed by atoms with E-state index >= 15 is 0 Å². The average Bonchev–Trinajstić information content (AvgIpc) is 3.33. The zero-order valence-electron chi connectivity index (χ0n) is 18.7. The third-order valence-electron chi connectivity index (χ3n) is 6.12. The molecule has 3 aromatic rings. The normalized spacial score (nSPS) is 17.2. The lowest BCUT2D eigenvalue weighted by Gasteiger charge is -2.34. The van der Waals surface area contributed by atoms with Crippen molar-refractivity contribution < 1.29 is 9.47 Å². The molecule has 0 N–H and O–H groups in total. The van der Waals surface area contributed by atoms with Gasteiger partial charge >= 0.3 is 0 Å². The van der Waals surface area contributed by atoms with E-state index in [0.29, 0.717) is 5.88 Å². The highest BCUT2D eigenvalue weighted by molar-refractivity contribution is 7.07. The maximum atomic E-state index is 6.36. The van der Waals surface area contributed by atoms with Gasteiger partial charge in [-0.05, 0) is 41.6 Å². The Kier molecular flexibility index (Phi) is 6.25. The Balaban J connectivity index is 1.46. The number of benzene rings is 1. The van der Waals surface area contributed by atoms with Crippen LogP contribution in [-0.4, -0.2) is 66.6 Å². The maximum absolute atomic E-state index is 6.36. The van der Waals surface area contributed by atoms with Crippen molar-refractivity contribution in [3.63, 3.8) is 0 Å². The number of nitrogens with zero attached hydrogens (tertiary/aromatic N) is 5. The molecule has 2 aliphatic rings. The molecule has 5 rings (SSSR count). The molecule has 0 amide bonds. The van der Waals surface area contributed by atoms with Gasteiger partial charge in [-0.2, -0.15) is 16.3 Å². The number of hydrogen-bond acceptors (Lipinski definition) is 8. The molecule has 0 aliphatic carbocycles. The number of aromatic nitrogens is 2. The average molecular weight is 452 g/mol. The summed E-state index contributed by atoms with van der Waals surface area (Å²) in [6.45, 7) is 6.59. The highest BCUT2D eigenvalue weighted by atomic mass is 32.1. The molecule has 0 saturated carbocycles. The molecule has 1 fully saturated rings. The first-order chi connectivity index (χ1) is 15.7. The number of rotatable bonds is 6. The smallest absolute Gasteiger partial charge is 0.228 e. The van der Waals surface area contributed by atoms with Crippen molar-refractivity contribution in [2.24, 2.45) is 0 Å². The fourth-order valence-electron chi connectivity index (χ4n) is 4.21. The van der Waals surface area contributed by atoms with E-state index in [1.54, 1.807) is 18.4 Å². The van der Waals surface area contributed by atoms with Crippen LogP contribution in [0.2, 0.25) is 0 Å². The highest BCUT2D eigenvalue weighted by Crippen LogP contribution is 2.33. The second-order valence-electron chi connectivity index (χ2n) is 8.42.